The molecule has 0 bridgehead atoms. The molecule has 166 valence electrons. The Morgan fingerprint density at radius 3 is 2.56 bits per heavy atom. The molecule has 1 spiro atoms. The lowest BCUT2D eigenvalue weighted by Crippen LogP contribution is -2.49. The van der Waals surface area contributed by atoms with Gasteiger partial charge in [0.05, 0.1) is 0 Å². The van der Waals surface area contributed by atoms with E-state index in [9.17, 15) is 14.4 Å². The Labute approximate surface area is 185 Å². The van der Waals surface area contributed by atoms with Crippen molar-refractivity contribution in [1.82, 2.24) is 19.9 Å². The third kappa shape index (κ3) is 3.02. The summed E-state index contributed by atoms with van der Waals surface area (Å²) in [6.07, 6.45) is 10.3. The van der Waals surface area contributed by atoms with E-state index in [1.807, 2.05) is 0 Å². The fourth-order valence-electron chi connectivity index (χ4n) is 5.54. The van der Waals surface area contributed by atoms with Gasteiger partial charge in [-0.15, -0.1) is 0 Å². The minimum absolute atomic E-state index is 0.0306. The lowest BCUT2D eigenvalue weighted by Gasteiger charge is -2.35. The topological polar surface area (TPSA) is 118 Å². The molecule has 2 aromatic heterocycles. The maximum absolute atomic E-state index is 13.8. The molecule has 2 aromatic rings. The zero-order chi connectivity index (χ0) is 21.9. The summed E-state index contributed by atoms with van der Waals surface area (Å²) in [7, 11) is 0. The Bertz CT molecular complexity index is 1190. The van der Waals surface area contributed by atoms with E-state index in [1.165, 1.54) is 6.33 Å². The van der Waals surface area contributed by atoms with Gasteiger partial charge in [-0.3, -0.25) is 19.0 Å². The molecule has 2 amide bonds. The van der Waals surface area contributed by atoms with E-state index in [2.05, 4.69) is 25.9 Å². The molecule has 32 heavy (non-hydrogen) atoms. The molecule has 6 rings (SSSR count). The first-order chi connectivity index (χ1) is 15.6. The number of carbonyl (C=O) groups excluding carboxylic acids is 2. The van der Waals surface area contributed by atoms with Crippen molar-refractivity contribution in [3.63, 3.8) is 0 Å². The Morgan fingerprint density at radius 1 is 1.03 bits per heavy atom. The summed E-state index contributed by atoms with van der Waals surface area (Å²) in [6, 6.07) is 1.65. The SMILES string of the molecule is O=C1NC2(CCCCC2)n2c1c1c(c(Nc3cc(NC(=O)C4CC4)ncn3)c2=O)CCC1. The molecular weight excluding hydrogens is 408 g/mol. The largest absolute Gasteiger partial charge is 0.335 e. The minimum Gasteiger partial charge on any atom is -0.335 e. The van der Waals surface area contributed by atoms with Crippen LogP contribution < -0.4 is 21.5 Å². The second kappa shape index (κ2) is 7.15. The maximum Gasteiger partial charge on any atom is 0.277 e. The first kappa shape index (κ1) is 19.5. The lowest BCUT2D eigenvalue weighted by atomic mass is 9.89. The number of nitrogens with zero attached hydrogens (tertiary/aromatic N) is 3. The average molecular weight is 435 g/mol. The lowest BCUT2D eigenvalue weighted by molar-refractivity contribution is -0.117. The quantitative estimate of drug-likeness (QED) is 0.681. The number of aromatic nitrogens is 3. The normalized spacial score (nSPS) is 20.6. The molecule has 9 nitrogen and oxygen atoms in total. The van der Waals surface area contributed by atoms with Crippen molar-refractivity contribution in [2.75, 3.05) is 10.6 Å². The highest BCUT2D eigenvalue weighted by Crippen LogP contribution is 2.41. The van der Waals surface area contributed by atoms with E-state index in [0.717, 1.165) is 75.3 Å². The van der Waals surface area contributed by atoms with Crippen LogP contribution >= 0.6 is 0 Å². The van der Waals surface area contributed by atoms with E-state index in [4.69, 9.17) is 0 Å². The van der Waals surface area contributed by atoms with Crippen molar-refractivity contribution in [1.29, 1.82) is 0 Å². The van der Waals surface area contributed by atoms with E-state index in [1.54, 1.807) is 10.6 Å². The van der Waals surface area contributed by atoms with Crippen LogP contribution in [0.4, 0.5) is 17.3 Å². The number of fused-ring (bicyclic) bond motifs is 4. The Balaban J connectivity index is 1.41. The van der Waals surface area contributed by atoms with Crippen LogP contribution in [0.15, 0.2) is 17.2 Å². The summed E-state index contributed by atoms with van der Waals surface area (Å²) in [4.78, 5) is 47.3. The molecule has 0 aromatic carbocycles. The van der Waals surface area contributed by atoms with Crippen molar-refractivity contribution in [2.24, 2.45) is 5.92 Å². The number of pyridine rings is 1. The third-order valence-corrected chi connectivity index (χ3v) is 7.24. The third-order valence-electron chi connectivity index (χ3n) is 7.24. The van der Waals surface area contributed by atoms with Crippen molar-refractivity contribution in [2.45, 2.75) is 69.9 Å². The number of hydrogen-bond acceptors (Lipinski definition) is 6. The van der Waals surface area contributed by atoms with Gasteiger partial charge in [0.15, 0.2) is 0 Å². The molecule has 3 N–H and O–H groups in total. The summed E-state index contributed by atoms with van der Waals surface area (Å²) < 4.78 is 1.73. The molecule has 4 aliphatic rings. The summed E-state index contributed by atoms with van der Waals surface area (Å²) >= 11 is 0. The predicted octanol–water partition coefficient (Wildman–Crippen LogP) is 2.58. The van der Waals surface area contributed by atoms with E-state index in [-0.39, 0.29) is 23.3 Å². The first-order valence-electron chi connectivity index (χ1n) is 11.6. The van der Waals surface area contributed by atoms with Gasteiger partial charge in [-0.25, -0.2) is 9.97 Å². The van der Waals surface area contributed by atoms with Crippen molar-refractivity contribution in [3.05, 3.63) is 39.6 Å². The van der Waals surface area contributed by atoms with Crippen molar-refractivity contribution in [3.8, 4) is 0 Å². The second-order valence-electron chi connectivity index (χ2n) is 9.40. The molecule has 3 heterocycles. The zero-order valence-corrected chi connectivity index (χ0v) is 17.9. The Hall–Kier alpha value is -3.23. The molecule has 0 unspecified atom stereocenters. The fraction of sp³-hybridized carbons (Fsp3) is 0.522. The minimum atomic E-state index is -0.620. The Kier molecular flexibility index (Phi) is 4.34. The van der Waals surface area contributed by atoms with Gasteiger partial charge < -0.3 is 16.0 Å². The Morgan fingerprint density at radius 2 is 1.78 bits per heavy atom. The second-order valence-corrected chi connectivity index (χ2v) is 9.40. The summed E-state index contributed by atoms with van der Waals surface area (Å²) in [5.74, 6) is 0.784. The first-order valence-corrected chi connectivity index (χ1v) is 11.6. The standard InChI is InChI=1S/C23H26N6O3/c30-20(13-7-8-13)27-17-11-16(24-12-25-17)26-18-14-5-4-6-15(14)19-21(31)28-23(29(19)22(18)32)9-2-1-3-10-23/h11-13H,1-10H2,(H,28,31)(H2,24,25,26,27,30). The highest BCUT2D eigenvalue weighted by atomic mass is 16.2. The predicted molar refractivity (Wildman–Crippen MR) is 118 cm³/mol. The van der Waals surface area contributed by atoms with Gasteiger partial charge in [-0.1, -0.05) is 6.42 Å². The monoisotopic (exact) mass is 434 g/mol. The fourth-order valence-corrected chi connectivity index (χ4v) is 5.54. The van der Waals surface area contributed by atoms with Crippen molar-refractivity contribution >= 4 is 29.1 Å². The number of amides is 2. The number of anilines is 3. The molecule has 3 aliphatic carbocycles. The van der Waals surface area contributed by atoms with Gasteiger partial charge in [0.25, 0.3) is 11.5 Å². The van der Waals surface area contributed by atoms with Gasteiger partial charge in [-0.2, -0.15) is 0 Å². The van der Waals surface area contributed by atoms with Crippen LogP contribution in [0.3, 0.4) is 0 Å². The number of carbonyl (C=O) groups is 2. The average Bonchev–Trinajstić information content (AvgIpc) is 3.46. The number of nitrogens with one attached hydrogen (secondary N) is 3. The highest BCUT2D eigenvalue weighted by molar-refractivity contribution is 5.98. The molecule has 2 saturated carbocycles. The van der Waals surface area contributed by atoms with Crippen LogP contribution in [0.25, 0.3) is 0 Å². The highest BCUT2D eigenvalue weighted by Gasteiger charge is 2.47. The zero-order valence-electron chi connectivity index (χ0n) is 17.9. The van der Waals surface area contributed by atoms with Crippen LogP contribution in [0, 0.1) is 5.92 Å². The molecular formula is C23H26N6O3. The summed E-state index contributed by atoms with van der Waals surface area (Å²) in [6.45, 7) is 0. The smallest absolute Gasteiger partial charge is 0.277 e. The molecule has 1 aliphatic heterocycles. The van der Waals surface area contributed by atoms with Gasteiger partial charge in [0.2, 0.25) is 5.91 Å². The number of rotatable bonds is 4. The van der Waals surface area contributed by atoms with E-state index >= 15 is 0 Å². The van der Waals surface area contributed by atoms with Crippen LogP contribution in [0.1, 0.15) is 73.0 Å². The van der Waals surface area contributed by atoms with Crippen LogP contribution in [0.5, 0.6) is 0 Å². The molecule has 9 heteroatoms. The van der Waals surface area contributed by atoms with E-state index in [0.29, 0.717) is 23.0 Å². The van der Waals surface area contributed by atoms with Crippen LogP contribution in [-0.2, 0) is 23.3 Å². The molecule has 0 radical (unpaired) electrons. The number of hydrogen-bond donors (Lipinski definition) is 3. The van der Waals surface area contributed by atoms with Gasteiger partial charge >= 0.3 is 0 Å². The molecule has 0 atom stereocenters. The van der Waals surface area contributed by atoms with Crippen LogP contribution in [-0.4, -0.2) is 26.3 Å². The van der Waals surface area contributed by atoms with Crippen LogP contribution in [0.2, 0.25) is 0 Å². The molecule has 0 saturated heterocycles. The van der Waals surface area contributed by atoms with Gasteiger partial charge in [0.1, 0.15) is 35.0 Å². The molecule has 2 fully saturated rings. The summed E-state index contributed by atoms with van der Waals surface area (Å²) in [5, 5.41) is 9.21. The van der Waals surface area contributed by atoms with Crippen molar-refractivity contribution < 1.29 is 9.59 Å². The van der Waals surface area contributed by atoms with Gasteiger partial charge in [0, 0.05) is 12.0 Å². The van der Waals surface area contributed by atoms with Gasteiger partial charge in [-0.05, 0) is 68.9 Å². The summed E-state index contributed by atoms with van der Waals surface area (Å²) in [5.41, 5.74) is 2.12. The van der Waals surface area contributed by atoms with E-state index < -0.39 is 5.66 Å². The maximum atomic E-state index is 13.8.